The summed E-state index contributed by atoms with van der Waals surface area (Å²) in [7, 11) is 0. The molecule has 0 saturated carbocycles. The van der Waals surface area contributed by atoms with Gasteiger partial charge in [0.1, 0.15) is 5.60 Å². The average molecular weight is 315 g/mol. The summed E-state index contributed by atoms with van der Waals surface area (Å²) in [6.45, 7) is 16.4. The average Bonchev–Trinajstić information content (AvgIpc) is 2.32. The Hall–Kier alpha value is -0.810. The molecule has 0 radical (unpaired) electrons. The highest BCUT2D eigenvalue weighted by atomic mass is 16.6. The fourth-order valence-electron chi connectivity index (χ4n) is 2.27. The van der Waals surface area contributed by atoms with Crippen molar-refractivity contribution in [1.82, 2.24) is 4.90 Å². The summed E-state index contributed by atoms with van der Waals surface area (Å²) in [6, 6.07) is 0. The van der Waals surface area contributed by atoms with Crippen LogP contribution in [0.15, 0.2) is 0 Å². The van der Waals surface area contributed by atoms with E-state index in [1.165, 1.54) is 0 Å². The summed E-state index contributed by atoms with van der Waals surface area (Å²) >= 11 is 0. The summed E-state index contributed by atoms with van der Waals surface area (Å²) in [5.74, 6) is 0. The molecule has 1 rings (SSSR count). The van der Waals surface area contributed by atoms with Crippen molar-refractivity contribution in [3.63, 3.8) is 0 Å². The lowest BCUT2D eigenvalue weighted by molar-refractivity contribution is -0.105. The van der Waals surface area contributed by atoms with Gasteiger partial charge in [-0.3, -0.25) is 0 Å². The normalized spacial score (nSPS) is 19.1. The number of carbonyl (C=O) groups is 1. The Morgan fingerprint density at radius 3 is 2.00 bits per heavy atom. The van der Waals surface area contributed by atoms with E-state index in [0.717, 1.165) is 12.8 Å². The second-order valence-corrected chi connectivity index (χ2v) is 8.23. The smallest absolute Gasteiger partial charge is 0.410 e. The Morgan fingerprint density at radius 2 is 1.55 bits per heavy atom. The molecule has 0 N–H and O–H groups in total. The Balaban J connectivity index is 2.32. The van der Waals surface area contributed by atoms with Crippen molar-refractivity contribution >= 4 is 6.09 Å². The highest BCUT2D eigenvalue weighted by molar-refractivity contribution is 5.68. The first-order valence-electron chi connectivity index (χ1n) is 8.16. The first-order chi connectivity index (χ1) is 9.90. The number of amides is 1. The molecule has 130 valence electrons. The molecule has 0 aromatic carbocycles. The Kier molecular flexibility index (Phi) is 6.27. The van der Waals surface area contributed by atoms with E-state index in [1.807, 2.05) is 41.5 Å². The van der Waals surface area contributed by atoms with Crippen molar-refractivity contribution in [2.45, 2.75) is 78.1 Å². The first kappa shape index (κ1) is 19.2. The first-order valence-corrected chi connectivity index (χ1v) is 8.16. The van der Waals surface area contributed by atoms with Crippen LogP contribution in [0.2, 0.25) is 0 Å². The molecule has 1 aliphatic heterocycles. The van der Waals surface area contributed by atoms with Gasteiger partial charge in [0.25, 0.3) is 0 Å². The number of rotatable bonds is 4. The van der Waals surface area contributed by atoms with Crippen LogP contribution >= 0.6 is 0 Å². The number of ether oxygens (including phenoxy) is 3. The van der Waals surface area contributed by atoms with Crippen molar-refractivity contribution in [2.24, 2.45) is 0 Å². The highest BCUT2D eigenvalue weighted by Gasteiger charge is 2.34. The third-order valence-corrected chi connectivity index (χ3v) is 3.54. The fraction of sp³-hybridized carbons (Fsp3) is 0.941. The minimum atomic E-state index is -0.446. The molecule has 0 aliphatic carbocycles. The van der Waals surface area contributed by atoms with Gasteiger partial charge >= 0.3 is 6.09 Å². The number of hydrogen-bond donors (Lipinski definition) is 0. The van der Waals surface area contributed by atoms with Gasteiger partial charge in [0, 0.05) is 13.1 Å². The summed E-state index contributed by atoms with van der Waals surface area (Å²) < 4.78 is 17.1. The molecule has 1 amide bonds. The van der Waals surface area contributed by atoms with Crippen molar-refractivity contribution < 1.29 is 19.0 Å². The Bertz CT molecular complexity index is 360. The maximum Gasteiger partial charge on any atom is 0.410 e. The molecule has 1 fully saturated rings. The van der Waals surface area contributed by atoms with Crippen LogP contribution in [-0.2, 0) is 14.2 Å². The van der Waals surface area contributed by atoms with E-state index in [-0.39, 0.29) is 17.3 Å². The lowest BCUT2D eigenvalue weighted by Gasteiger charge is -2.39. The predicted molar refractivity (Wildman–Crippen MR) is 87.1 cm³/mol. The van der Waals surface area contributed by atoms with Gasteiger partial charge in [-0.25, -0.2) is 4.79 Å². The summed E-state index contributed by atoms with van der Waals surface area (Å²) in [5.41, 5.74) is -0.761. The van der Waals surface area contributed by atoms with E-state index < -0.39 is 5.60 Å². The van der Waals surface area contributed by atoms with Gasteiger partial charge in [-0.15, -0.1) is 0 Å². The van der Waals surface area contributed by atoms with E-state index in [4.69, 9.17) is 14.2 Å². The molecule has 1 aliphatic rings. The quantitative estimate of drug-likeness (QED) is 0.744. The number of piperidine rings is 1. The minimum absolute atomic E-state index is 0.135. The summed E-state index contributed by atoms with van der Waals surface area (Å²) in [5, 5.41) is 0. The van der Waals surface area contributed by atoms with Crippen LogP contribution in [0.1, 0.15) is 61.3 Å². The molecule has 1 saturated heterocycles. The molecule has 0 unspecified atom stereocenters. The zero-order valence-corrected chi connectivity index (χ0v) is 15.3. The standard InChI is InChI=1S/C17H33NO4/c1-15(2,3)20-12-13-21-17(7)8-10-18(11-9-17)14(19)22-16(4,5)6/h8-13H2,1-7H3. The van der Waals surface area contributed by atoms with Crippen molar-refractivity contribution in [3.05, 3.63) is 0 Å². The second kappa shape index (κ2) is 7.18. The van der Waals surface area contributed by atoms with Crippen molar-refractivity contribution in [3.8, 4) is 0 Å². The number of carbonyl (C=O) groups excluding carboxylic acids is 1. The van der Waals surface area contributed by atoms with E-state index in [1.54, 1.807) is 4.90 Å². The third-order valence-electron chi connectivity index (χ3n) is 3.54. The van der Waals surface area contributed by atoms with Crippen LogP contribution in [-0.4, -0.2) is 54.1 Å². The van der Waals surface area contributed by atoms with Crippen molar-refractivity contribution in [2.75, 3.05) is 26.3 Å². The molecular weight excluding hydrogens is 282 g/mol. The van der Waals surface area contributed by atoms with Crippen LogP contribution < -0.4 is 0 Å². The molecule has 1 heterocycles. The maximum atomic E-state index is 12.0. The van der Waals surface area contributed by atoms with Gasteiger partial charge in [-0.1, -0.05) is 0 Å². The highest BCUT2D eigenvalue weighted by Crippen LogP contribution is 2.26. The molecular formula is C17H33NO4. The third kappa shape index (κ3) is 7.45. The summed E-state index contributed by atoms with van der Waals surface area (Å²) in [6.07, 6.45) is 1.41. The number of hydrogen-bond acceptors (Lipinski definition) is 4. The van der Waals surface area contributed by atoms with Gasteiger partial charge in [0.15, 0.2) is 0 Å². The zero-order valence-electron chi connectivity index (χ0n) is 15.3. The lowest BCUT2D eigenvalue weighted by atomic mass is 9.93. The number of nitrogens with zero attached hydrogens (tertiary/aromatic N) is 1. The van der Waals surface area contributed by atoms with E-state index in [2.05, 4.69) is 6.92 Å². The molecule has 5 nitrogen and oxygen atoms in total. The second-order valence-electron chi connectivity index (χ2n) is 8.23. The van der Waals surface area contributed by atoms with Crippen LogP contribution in [0, 0.1) is 0 Å². The van der Waals surface area contributed by atoms with Gasteiger partial charge in [0.05, 0.1) is 24.4 Å². The van der Waals surface area contributed by atoms with Crippen molar-refractivity contribution in [1.29, 1.82) is 0 Å². The van der Waals surface area contributed by atoms with Gasteiger partial charge in [-0.05, 0) is 61.3 Å². The number of likely N-dealkylation sites (tertiary alicyclic amines) is 1. The Labute approximate surface area is 135 Å². The predicted octanol–water partition coefficient (Wildman–Crippen LogP) is 3.61. The zero-order chi connectivity index (χ0) is 17.0. The van der Waals surface area contributed by atoms with Gasteiger partial charge in [0.2, 0.25) is 0 Å². The molecule has 0 atom stereocenters. The Morgan fingerprint density at radius 1 is 1.00 bits per heavy atom. The monoisotopic (exact) mass is 315 g/mol. The topological polar surface area (TPSA) is 48.0 Å². The summed E-state index contributed by atoms with van der Waals surface area (Å²) in [4.78, 5) is 13.8. The molecule has 0 bridgehead atoms. The van der Waals surface area contributed by atoms with Crippen LogP contribution in [0.5, 0.6) is 0 Å². The van der Waals surface area contributed by atoms with E-state index in [9.17, 15) is 4.79 Å². The molecule has 5 heteroatoms. The minimum Gasteiger partial charge on any atom is -0.444 e. The van der Waals surface area contributed by atoms with Gasteiger partial charge in [-0.2, -0.15) is 0 Å². The van der Waals surface area contributed by atoms with Crippen LogP contribution in [0.3, 0.4) is 0 Å². The van der Waals surface area contributed by atoms with Crippen LogP contribution in [0.25, 0.3) is 0 Å². The van der Waals surface area contributed by atoms with Gasteiger partial charge < -0.3 is 19.1 Å². The van der Waals surface area contributed by atoms with E-state index >= 15 is 0 Å². The molecule has 0 spiro atoms. The SMILES string of the molecule is CC(C)(C)OCCOC1(C)CCN(C(=O)OC(C)(C)C)CC1. The maximum absolute atomic E-state index is 12.0. The molecule has 0 aromatic heterocycles. The van der Waals surface area contributed by atoms with Crippen LogP contribution in [0.4, 0.5) is 4.79 Å². The molecule has 22 heavy (non-hydrogen) atoms. The lowest BCUT2D eigenvalue weighted by Crippen LogP contribution is -2.48. The molecule has 0 aromatic rings. The van der Waals surface area contributed by atoms with E-state index in [0.29, 0.717) is 26.3 Å². The largest absolute Gasteiger partial charge is 0.444 e. The fourth-order valence-corrected chi connectivity index (χ4v) is 2.27.